The fourth-order valence-electron chi connectivity index (χ4n) is 3.79. The molecule has 2 aromatic rings. The first-order valence-corrected chi connectivity index (χ1v) is 11.4. The molecule has 1 aromatic carbocycles. The summed E-state index contributed by atoms with van der Waals surface area (Å²) in [4.78, 5) is 18.9. The van der Waals surface area contributed by atoms with Crippen LogP contribution in [0.25, 0.3) is 0 Å². The Morgan fingerprint density at radius 2 is 1.90 bits per heavy atom. The molecule has 31 heavy (non-hydrogen) atoms. The van der Waals surface area contributed by atoms with E-state index in [9.17, 15) is 4.79 Å². The van der Waals surface area contributed by atoms with Crippen LogP contribution in [0.3, 0.4) is 0 Å². The minimum absolute atomic E-state index is 0.0519. The van der Waals surface area contributed by atoms with E-state index in [1.807, 2.05) is 37.3 Å². The number of benzene rings is 1. The van der Waals surface area contributed by atoms with Crippen molar-refractivity contribution in [2.45, 2.75) is 52.1 Å². The second-order valence-corrected chi connectivity index (χ2v) is 7.85. The fourth-order valence-corrected chi connectivity index (χ4v) is 3.79. The van der Waals surface area contributed by atoms with Crippen molar-refractivity contribution in [3.63, 3.8) is 0 Å². The van der Waals surface area contributed by atoms with Crippen LogP contribution in [0.1, 0.15) is 56.9 Å². The fraction of sp³-hybridized carbons (Fsp3) is 0.500. The Bertz CT molecular complexity index is 811. The number of rotatable bonds is 10. The second-order valence-electron chi connectivity index (χ2n) is 7.85. The SMILES string of the molecule is CCCC(=O)Nc1ccc(CN=C(NCC)NCC(c2ccco2)N2CCCC2)cc1. The van der Waals surface area contributed by atoms with E-state index in [1.54, 1.807) is 6.26 Å². The summed E-state index contributed by atoms with van der Waals surface area (Å²) in [6.45, 7) is 8.36. The molecule has 1 aromatic heterocycles. The molecule has 7 heteroatoms. The van der Waals surface area contributed by atoms with Gasteiger partial charge in [-0.05, 0) is 69.1 Å². The van der Waals surface area contributed by atoms with Gasteiger partial charge in [-0.2, -0.15) is 0 Å². The van der Waals surface area contributed by atoms with Crippen molar-refractivity contribution in [2.75, 3.05) is 31.5 Å². The second kappa shape index (κ2) is 12.2. The molecule has 3 N–H and O–H groups in total. The van der Waals surface area contributed by atoms with Crippen molar-refractivity contribution in [2.24, 2.45) is 4.99 Å². The van der Waals surface area contributed by atoms with Gasteiger partial charge in [-0.3, -0.25) is 9.69 Å². The topological polar surface area (TPSA) is 81.9 Å². The van der Waals surface area contributed by atoms with Crippen molar-refractivity contribution in [3.05, 3.63) is 54.0 Å². The molecule has 1 fully saturated rings. The van der Waals surface area contributed by atoms with E-state index >= 15 is 0 Å². The summed E-state index contributed by atoms with van der Waals surface area (Å²) >= 11 is 0. The van der Waals surface area contributed by atoms with Crippen LogP contribution < -0.4 is 16.0 Å². The predicted octanol–water partition coefficient (Wildman–Crippen LogP) is 3.91. The first kappa shape index (κ1) is 22.9. The summed E-state index contributed by atoms with van der Waals surface area (Å²) in [6.07, 6.45) is 5.60. The number of anilines is 1. The van der Waals surface area contributed by atoms with Gasteiger partial charge in [0.1, 0.15) is 5.76 Å². The molecule has 1 saturated heterocycles. The Morgan fingerprint density at radius 3 is 2.55 bits per heavy atom. The lowest BCUT2D eigenvalue weighted by Crippen LogP contribution is -2.42. The van der Waals surface area contributed by atoms with Crippen molar-refractivity contribution in [1.29, 1.82) is 0 Å². The number of hydrogen-bond acceptors (Lipinski definition) is 4. The Kier molecular flexibility index (Phi) is 8.97. The summed E-state index contributed by atoms with van der Waals surface area (Å²) in [5, 5.41) is 9.73. The van der Waals surface area contributed by atoms with E-state index < -0.39 is 0 Å². The average Bonchev–Trinajstić information content (AvgIpc) is 3.48. The zero-order chi connectivity index (χ0) is 21.9. The molecule has 168 valence electrons. The highest BCUT2D eigenvalue weighted by molar-refractivity contribution is 5.90. The van der Waals surface area contributed by atoms with Crippen LogP contribution in [0, 0.1) is 0 Å². The largest absolute Gasteiger partial charge is 0.468 e. The van der Waals surface area contributed by atoms with Crippen LogP contribution in [0.5, 0.6) is 0 Å². The first-order chi connectivity index (χ1) is 15.2. The van der Waals surface area contributed by atoms with Gasteiger partial charge in [0, 0.05) is 25.2 Å². The summed E-state index contributed by atoms with van der Waals surface area (Å²) in [7, 11) is 0. The Balaban J connectivity index is 1.58. The smallest absolute Gasteiger partial charge is 0.224 e. The highest BCUT2D eigenvalue weighted by Crippen LogP contribution is 2.24. The van der Waals surface area contributed by atoms with E-state index in [2.05, 4.69) is 33.8 Å². The maximum atomic E-state index is 11.7. The summed E-state index contributed by atoms with van der Waals surface area (Å²) in [5.74, 6) is 1.83. The molecule has 0 aliphatic carbocycles. The van der Waals surface area contributed by atoms with Gasteiger partial charge in [0.2, 0.25) is 5.91 Å². The number of carbonyl (C=O) groups is 1. The minimum atomic E-state index is 0.0519. The Hall–Kier alpha value is -2.80. The number of carbonyl (C=O) groups excluding carboxylic acids is 1. The maximum absolute atomic E-state index is 11.7. The molecule has 3 rings (SSSR count). The van der Waals surface area contributed by atoms with Gasteiger partial charge < -0.3 is 20.4 Å². The number of likely N-dealkylation sites (tertiary alicyclic amines) is 1. The third kappa shape index (κ3) is 7.14. The van der Waals surface area contributed by atoms with Gasteiger partial charge in [0.15, 0.2) is 5.96 Å². The zero-order valence-corrected chi connectivity index (χ0v) is 18.7. The normalized spacial score (nSPS) is 15.6. The lowest BCUT2D eigenvalue weighted by atomic mass is 10.2. The molecular formula is C24H35N5O2. The minimum Gasteiger partial charge on any atom is -0.468 e. The van der Waals surface area contributed by atoms with Crippen molar-refractivity contribution in [1.82, 2.24) is 15.5 Å². The van der Waals surface area contributed by atoms with Gasteiger partial charge >= 0.3 is 0 Å². The van der Waals surface area contributed by atoms with Crippen molar-refractivity contribution in [3.8, 4) is 0 Å². The quantitative estimate of drug-likeness (QED) is 0.397. The molecule has 1 amide bonds. The van der Waals surface area contributed by atoms with E-state index in [0.29, 0.717) is 13.0 Å². The number of nitrogens with one attached hydrogen (secondary N) is 3. The molecular weight excluding hydrogens is 390 g/mol. The Labute approximate surface area is 185 Å². The highest BCUT2D eigenvalue weighted by Gasteiger charge is 2.25. The first-order valence-electron chi connectivity index (χ1n) is 11.4. The lowest BCUT2D eigenvalue weighted by Gasteiger charge is -2.26. The number of furan rings is 1. The molecule has 1 aliphatic rings. The molecule has 2 heterocycles. The number of hydrogen-bond donors (Lipinski definition) is 3. The van der Waals surface area contributed by atoms with Crippen molar-refractivity contribution >= 4 is 17.6 Å². The van der Waals surface area contributed by atoms with Crippen LogP contribution >= 0.6 is 0 Å². The third-order valence-electron chi connectivity index (χ3n) is 5.39. The summed E-state index contributed by atoms with van der Waals surface area (Å²) < 4.78 is 5.71. The molecule has 0 bridgehead atoms. The van der Waals surface area contributed by atoms with Gasteiger partial charge in [-0.25, -0.2) is 4.99 Å². The summed E-state index contributed by atoms with van der Waals surface area (Å²) in [6, 6.07) is 12.1. The monoisotopic (exact) mass is 425 g/mol. The summed E-state index contributed by atoms with van der Waals surface area (Å²) in [5.41, 5.74) is 1.91. The third-order valence-corrected chi connectivity index (χ3v) is 5.39. The molecule has 0 spiro atoms. The van der Waals surface area contributed by atoms with Crippen LogP contribution in [-0.4, -0.2) is 42.9 Å². The van der Waals surface area contributed by atoms with E-state index in [4.69, 9.17) is 9.41 Å². The Morgan fingerprint density at radius 1 is 1.13 bits per heavy atom. The number of amides is 1. The van der Waals surface area contributed by atoms with Gasteiger partial charge in [-0.15, -0.1) is 0 Å². The standard InChI is InChI=1S/C24H35N5O2/c1-3-8-23(30)28-20-12-10-19(11-13-20)17-26-24(25-4-2)27-18-21(22-9-7-16-31-22)29-14-5-6-15-29/h7,9-13,16,21H,3-6,8,14-15,17-18H2,1-2H3,(H,28,30)(H2,25,26,27). The zero-order valence-electron chi connectivity index (χ0n) is 18.7. The van der Waals surface area contributed by atoms with Gasteiger partial charge in [-0.1, -0.05) is 19.1 Å². The molecule has 0 radical (unpaired) electrons. The molecule has 1 aliphatic heterocycles. The molecule has 7 nitrogen and oxygen atoms in total. The van der Waals surface area contributed by atoms with Gasteiger partial charge in [0.05, 0.1) is 18.8 Å². The number of guanidine groups is 1. The van der Waals surface area contributed by atoms with E-state index in [1.165, 1.54) is 12.8 Å². The molecule has 0 saturated carbocycles. The van der Waals surface area contributed by atoms with Crippen LogP contribution in [-0.2, 0) is 11.3 Å². The number of aliphatic imine (C=N–C) groups is 1. The van der Waals surface area contributed by atoms with Crippen LogP contribution in [0.2, 0.25) is 0 Å². The van der Waals surface area contributed by atoms with Gasteiger partial charge in [0.25, 0.3) is 0 Å². The lowest BCUT2D eigenvalue weighted by molar-refractivity contribution is -0.116. The number of nitrogens with zero attached hydrogens (tertiary/aromatic N) is 2. The van der Waals surface area contributed by atoms with E-state index in [-0.39, 0.29) is 11.9 Å². The predicted molar refractivity (Wildman–Crippen MR) is 125 cm³/mol. The van der Waals surface area contributed by atoms with Crippen LogP contribution in [0.15, 0.2) is 52.1 Å². The molecule has 1 atom stereocenters. The average molecular weight is 426 g/mol. The van der Waals surface area contributed by atoms with E-state index in [0.717, 1.165) is 55.6 Å². The maximum Gasteiger partial charge on any atom is 0.224 e. The van der Waals surface area contributed by atoms with Crippen LogP contribution in [0.4, 0.5) is 5.69 Å². The van der Waals surface area contributed by atoms with Crippen molar-refractivity contribution < 1.29 is 9.21 Å². The highest BCUT2D eigenvalue weighted by atomic mass is 16.3. The molecule has 1 unspecified atom stereocenters.